The molecule has 1 amide bonds. The van der Waals surface area contributed by atoms with Gasteiger partial charge >= 0.3 is 5.69 Å². The van der Waals surface area contributed by atoms with E-state index in [2.05, 4.69) is 0 Å². The Morgan fingerprint density at radius 3 is 2.61 bits per heavy atom. The lowest BCUT2D eigenvalue weighted by Gasteiger charge is -2.21. The molecule has 0 heterocycles. The summed E-state index contributed by atoms with van der Waals surface area (Å²) in [6.45, 7) is 1.41. The molecule has 2 rings (SSSR count). The van der Waals surface area contributed by atoms with Crippen LogP contribution in [0.25, 0.3) is 5.76 Å². The number of carbonyl (C=O) groups is 1. The maximum Gasteiger partial charge on any atom is 0.315 e. The predicted molar refractivity (Wildman–Crippen MR) is 109 cm³/mol. The molecule has 162 valence electrons. The van der Waals surface area contributed by atoms with Crippen LogP contribution in [-0.2, 0) is 11.3 Å². The Balaban J connectivity index is 2.52. The molecular formula is C20H17ClFN3O6. The minimum atomic E-state index is -0.934. The number of nitro groups is 1. The van der Waals surface area contributed by atoms with Crippen LogP contribution in [0, 0.1) is 27.3 Å². The van der Waals surface area contributed by atoms with Crippen molar-refractivity contribution in [3.8, 4) is 17.6 Å². The number of methoxy groups -OCH3 is 1. The molecule has 11 heteroatoms. The van der Waals surface area contributed by atoms with Crippen LogP contribution >= 0.6 is 11.6 Å². The van der Waals surface area contributed by atoms with Crippen molar-refractivity contribution in [2.45, 2.75) is 13.5 Å². The van der Waals surface area contributed by atoms with Crippen molar-refractivity contribution < 1.29 is 29.1 Å². The fourth-order valence-electron chi connectivity index (χ4n) is 2.73. The summed E-state index contributed by atoms with van der Waals surface area (Å²) in [4.78, 5) is 24.2. The molecule has 0 saturated carbocycles. The lowest BCUT2D eigenvalue weighted by Crippen LogP contribution is -2.32. The van der Waals surface area contributed by atoms with Crippen molar-refractivity contribution in [3.05, 3.63) is 68.0 Å². The normalized spacial score (nSPS) is 11.3. The van der Waals surface area contributed by atoms with E-state index < -0.39 is 39.4 Å². The van der Waals surface area contributed by atoms with Gasteiger partial charge in [0.1, 0.15) is 17.6 Å². The lowest BCUT2D eigenvalue weighted by molar-refractivity contribution is -0.386. The first kappa shape index (κ1) is 23.4. The molecular weight excluding hydrogens is 433 g/mol. The number of hydrogen-bond donors (Lipinski definition) is 2. The zero-order valence-corrected chi connectivity index (χ0v) is 17.2. The third-order valence-electron chi connectivity index (χ3n) is 4.35. The van der Waals surface area contributed by atoms with E-state index in [4.69, 9.17) is 16.3 Å². The summed E-state index contributed by atoms with van der Waals surface area (Å²) in [5.41, 5.74) is -1.72. The molecule has 9 nitrogen and oxygen atoms in total. The number of nitrogens with zero attached hydrogens (tertiary/aromatic N) is 3. The zero-order chi connectivity index (χ0) is 23.3. The molecule has 2 aromatic carbocycles. The Kier molecular flexibility index (Phi) is 7.39. The van der Waals surface area contributed by atoms with E-state index in [1.54, 1.807) is 13.0 Å². The summed E-state index contributed by atoms with van der Waals surface area (Å²) in [6.07, 6.45) is 0. The smallest absolute Gasteiger partial charge is 0.315 e. The topological polar surface area (TPSA) is 137 Å². The highest BCUT2D eigenvalue weighted by atomic mass is 35.5. The number of rotatable bonds is 7. The number of aromatic hydroxyl groups is 1. The van der Waals surface area contributed by atoms with Gasteiger partial charge < -0.3 is 19.8 Å². The summed E-state index contributed by atoms with van der Waals surface area (Å²) in [6, 6.07) is 7.21. The maximum atomic E-state index is 14.1. The van der Waals surface area contributed by atoms with Gasteiger partial charge in [-0.3, -0.25) is 14.9 Å². The number of aliphatic hydroxyl groups is 1. The third-order valence-corrected chi connectivity index (χ3v) is 4.58. The van der Waals surface area contributed by atoms with Crippen LogP contribution in [0.3, 0.4) is 0 Å². The number of hydrogen-bond acceptors (Lipinski definition) is 7. The van der Waals surface area contributed by atoms with Crippen LogP contribution in [0.2, 0.25) is 5.02 Å². The fourth-order valence-corrected chi connectivity index (χ4v) is 2.92. The first-order chi connectivity index (χ1) is 14.6. The van der Waals surface area contributed by atoms with Gasteiger partial charge in [0, 0.05) is 35.3 Å². The second kappa shape index (κ2) is 9.77. The van der Waals surface area contributed by atoms with Gasteiger partial charge in [-0.15, -0.1) is 0 Å². The molecule has 0 saturated heterocycles. The third kappa shape index (κ3) is 5.02. The lowest BCUT2D eigenvalue weighted by atomic mass is 10.1. The number of halogens is 2. The van der Waals surface area contributed by atoms with Gasteiger partial charge in [0.2, 0.25) is 5.75 Å². The Morgan fingerprint density at radius 2 is 2.06 bits per heavy atom. The Labute approximate surface area is 181 Å². The van der Waals surface area contributed by atoms with Gasteiger partial charge in [0.25, 0.3) is 5.91 Å². The summed E-state index contributed by atoms with van der Waals surface area (Å²) >= 11 is 5.87. The van der Waals surface area contributed by atoms with E-state index in [1.165, 1.54) is 12.1 Å². The van der Waals surface area contributed by atoms with Crippen LogP contribution in [-0.4, -0.2) is 39.6 Å². The minimum absolute atomic E-state index is 0.0578. The van der Waals surface area contributed by atoms with Crippen LogP contribution in [0.15, 0.2) is 35.9 Å². The molecule has 0 aliphatic heterocycles. The van der Waals surface area contributed by atoms with Crippen molar-refractivity contribution in [2.24, 2.45) is 0 Å². The monoisotopic (exact) mass is 449 g/mol. The van der Waals surface area contributed by atoms with Crippen LogP contribution in [0.5, 0.6) is 11.5 Å². The molecule has 0 radical (unpaired) electrons. The van der Waals surface area contributed by atoms with Crippen LogP contribution in [0.4, 0.5) is 10.1 Å². The fraction of sp³-hybridized carbons (Fsp3) is 0.200. The molecule has 2 N–H and O–H groups in total. The number of nitriles is 1. The van der Waals surface area contributed by atoms with Gasteiger partial charge in [0.05, 0.1) is 12.0 Å². The molecule has 0 fully saturated rings. The second-order valence-corrected chi connectivity index (χ2v) is 6.63. The number of phenols is 1. The first-order valence-electron chi connectivity index (χ1n) is 8.76. The average molecular weight is 450 g/mol. The second-order valence-electron chi connectivity index (χ2n) is 6.19. The molecule has 2 aromatic rings. The van der Waals surface area contributed by atoms with E-state index in [-0.39, 0.29) is 35.0 Å². The predicted octanol–water partition coefficient (Wildman–Crippen LogP) is 3.94. The van der Waals surface area contributed by atoms with Crippen molar-refractivity contribution >= 4 is 29.0 Å². The van der Waals surface area contributed by atoms with Gasteiger partial charge in [0.15, 0.2) is 11.3 Å². The van der Waals surface area contributed by atoms with Crippen molar-refractivity contribution in [2.75, 3.05) is 13.7 Å². The number of likely N-dealkylation sites (N-methyl/N-ethyl adjacent to an activating group) is 1. The van der Waals surface area contributed by atoms with Gasteiger partial charge in [-0.05, 0) is 31.2 Å². The molecule has 0 unspecified atom stereocenters. The largest absolute Gasteiger partial charge is 0.506 e. The molecule has 31 heavy (non-hydrogen) atoms. The number of phenolic OH excluding ortho intramolecular Hbond substituents is 1. The number of amides is 1. The Hall–Kier alpha value is -3.84. The number of benzene rings is 2. The molecule has 0 atom stereocenters. The van der Waals surface area contributed by atoms with Gasteiger partial charge in [-0.25, -0.2) is 4.39 Å². The van der Waals surface area contributed by atoms with Crippen molar-refractivity contribution in [1.29, 1.82) is 5.26 Å². The number of aliphatic hydroxyl groups excluding tert-OH is 1. The maximum absolute atomic E-state index is 14.1. The van der Waals surface area contributed by atoms with Crippen LogP contribution < -0.4 is 4.74 Å². The number of carbonyl (C=O) groups excluding carboxylic acids is 1. The highest BCUT2D eigenvalue weighted by Gasteiger charge is 2.26. The summed E-state index contributed by atoms with van der Waals surface area (Å²) in [5, 5.41) is 41.3. The first-order valence-corrected chi connectivity index (χ1v) is 9.14. The van der Waals surface area contributed by atoms with Gasteiger partial charge in [-0.2, -0.15) is 5.26 Å². The van der Waals surface area contributed by atoms with Crippen molar-refractivity contribution in [3.63, 3.8) is 0 Å². The molecule has 0 bridgehead atoms. The van der Waals surface area contributed by atoms with E-state index in [1.807, 2.05) is 0 Å². The quantitative estimate of drug-likeness (QED) is 0.214. The SMILES string of the molecule is CCN(Cc1cc(Cl)ccc1F)C(=O)/C(C#N)=C(\O)c1cc(OC)c(O)c([N+](=O)[O-])c1. The number of ether oxygens (including phenoxy) is 1. The molecule has 0 aliphatic rings. The highest BCUT2D eigenvalue weighted by molar-refractivity contribution is 6.30. The minimum Gasteiger partial charge on any atom is -0.506 e. The molecule has 0 spiro atoms. The molecule has 0 aromatic heterocycles. The molecule has 0 aliphatic carbocycles. The summed E-state index contributed by atoms with van der Waals surface area (Å²) in [5.74, 6) is -3.52. The Bertz CT molecular complexity index is 1110. The number of nitro benzene ring substituents is 1. The highest BCUT2D eigenvalue weighted by Crippen LogP contribution is 2.38. The van der Waals surface area contributed by atoms with E-state index in [0.717, 1.165) is 30.2 Å². The van der Waals surface area contributed by atoms with Crippen molar-refractivity contribution in [1.82, 2.24) is 4.90 Å². The summed E-state index contributed by atoms with van der Waals surface area (Å²) < 4.78 is 18.9. The van der Waals surface area contributed by atoms with E-state index in [9.17, 15) is 34.8 Å². The Morgan fingerprint density at radius 1 is 1.39 bits per heavy atom. The summed E-state index contributed by atoms with van der Waals surface area (Å²) in [7, 11) is 1.14. The average Bonchev–Trinajstić information content (AvgIpc) is 2.74. The van der Waals surface area contributed by atoms with E-state index in [0.29, 0.717) is 0 Å². The van der Waals surface area contributed by atoms with Gasteiger partial charge in [-0.1, -0.05) is 11.6 Å². The van der Waals surface area contributed by atoms with Crippen LogP contribution in [0.1, 0.15) is 18.1 Å². The zero-order valence-electron chi connectivity index (χ0n) is 16.4. The van der Waals surface area contributed by atoms with E-state index >= 15 is 0 Å². The standard InChI is InChI=1S/C20H17ClFN3O6/c1-3-24(10-12-6-13(21)4-5-15(12)22)20(28)14(9-23)18(26)11-7-16(25(29)30)19(27)17(8-11)31-2/h4-8,26-27H,3,10H2,1-2H3/b18-14-.